The van der Waals surface area contributed by atoms with Crippen molar-refractivity contribution in [2.45, 2.75) is 18.3 Å². The summed E-state index contributed by atoms with van der Waals surface area (Å²) in [5, 5.41) is 3.25. The Labute approximate surface area is 113 Å². The van der Waals surface area contributed by atoms with Crippen LogP contribution < -0.4 is 20.5 Å². The van der Waals surface area contributed by atoms with Crippen molar-refractivity contribution in [2.24, 2.45) is 5.73 Å². The molecule has 1 heterocycles. The third kappa shape index (κ3) is 2.38. The van der Waals surface area contributed by atoms with Crippen molar-refractivity contribution in [1.29, 1.82) is 0 Å². The Morgan fingerprint density at radius 3 is 2.37 bits per heavy atom. The summed E-state index contributed by atoms with van der Waals surface area (Å²) in [6, 6.07) is 5.58. The standard InChI is InChI=1S/C14H20N2O3/c1-18-11-4-3-10(9-12(11)19-2)14(13(15)17)5-7-16-8-6-14/h3-4,9,16H,5-8H2,1-2H3,(H2,15,17). The van der Waals surface area contributed by atoms with Crippen molar-refractivity contribution in [3.05, 3.63) is 23.8 Å². The molecule has 104 valence electrons. The van der Waals surface area contributed by atoms with Gasteiger partial charge in [0, 0.05) is 0 Å². The number of hydrogen-bond donors (Lipinski definition) is 2. The fraction of sp³-hybridized carbons (Fsp3) is 0.500. The third-order valence-corrected chi connectivity index (χ3v) is 3.86. The van der Waals surface area contributed by atoms with E-state index in [1.54, 1.807) is 14.2 Å². The zero-order chi connectivity index (χ0) is 13.9. The molecule has 19 heavy (non-hydrogen) atoms. The first-order chi connectivity index (χ1) is 9.14. The van der Waals surface area contributed by atoms with E-state index in [4.69, 9.17) is 15.2 Å². The SMILES string of the molecule is COc1ccc(C2(C(N)=O)CCNCC2)cc1OC. The van der Waals surface area contributed by atoms with E-state index in [1.165, 1.54) is 0 Å². The molecule has 0 aliphatic carbocycles. The van der Waals surface area contributed by atoms with Gasteiger partial charge in [-0.25, -0.2) is 0 Å². The smallest absolute Gasteiger partial charge is 0.228 e. The molecule has 5 heteroatoms. The number of rotatable bonds is 4. The van der Waals surface area contributed by atoms with E-state index in [9.17, 15) is 4.79 Å². The minimum absolute atomic E-state index is 0.277. The summed E-state index contributed by atoms with van der Waals surface area (Å²) in [4.78, 5) is 12.0. The number of carbonyl (C=O) groups is 1. The lowest BCUT2D eigenvalue weighted by molar-refractivity contribution is -0.124. The third-order valence-electron chi connectivity index (χ3n) is 3.86. The van der Waals surface area contributed by atoms with E-state index >= 15 is 0 Å². The molecule has 0 spiro atoms. The number of carbonyl (C=O) groups excluding carboxylic acids is 1. The molecule has 1 aliphatic rings. The summed E-state index contributed by atoms with van der Waals surface area (Å²) in [5.41, 5.74) is 5.95. The number of benzene rings is 1. The largest absolute Gasteiger partial charge is 0.493 e. The molecule has 1 aromatic rings. The maximum absolute atomic E-state index is 12.0. The highest BCUT2D eigenvalue weighted by molar-refractivity contribution is 5.87. The van der Waals surface area contributed by atoms with Crippen LogP contribution in [0.4, 0.5) is 0 Å². The summed E-state index contributed by atoms with van der Waals surface area (Å²) < 4.78 is 10.5. The van der Waals surface area contributed by atoms with Gasteiger partial charge in [0.25, 0.3) is 0 Å². The van der Waals surface area contributed by atoms with Crippen molar-refractivity contribution < 1.29 is 14.3 Å². The number of ether oxygens (including phenoxy) is 2. The van der Waals surface area contributed by atoms with Crippen LogP contribution in [0, 0.1) is 0 Å². The van der Waals surface area contributed by atoms with Crippen molar-refractivity contribution in [3.63, 3.8) is 0 Å². The quantitative estimate of drug-likeness (QED) is 0.844. The molecule has 3 N–H and O–H groups in total. The number of nitrogens with one attached hydrogen (secondary N) is 1. The molecule has 1 aromatic carbocycles. The minimum Gasteiger partial charge on any atom is -0.493 e. The summed E-state index contributed by atoms with van der Waals surface area (Å²) >= 11 is 0. The van der Waals surface area contributed by atoms with Crippen LogP contribution in [0.3, 0.4) is 0 Å². The number of hydrogen-bond acceptors (Lipinski definition) is 4. The Bertz CT molecular complexity index is 468. The number of piperidine rings is 1. The van der Waals surface area contributed by atoms with Crippen molar-refractivity contribution in [2.75, 3.05) is 27.3 Å². The molecule has 0 saturated carbocycles. The van der Waals surface area contributed by atoms with Crippen LogP contribution in [0.1, 0.15) is 18.4 Å². The second-order valence-corrected chi connectivity index (χ2v) is 4.77. The molecule has 1 saturated heterocycles. The maximum atomic E-state index is 12.0. The van der Waals surface area contributed by atoms with E-state index < -0.39 is 5.41 Å². The molecule has 0 atom stereocenters. The van der Waals surface area contributed by atoms with Gasteiger partial charge in [-0.15, -0.1) is 0 Å². The van der Waals surface area contributed by atoms with Gasteiger partial charge in [0.15, 0.2) is 11.5 Å². The highest BCUT2D eigenvalue weighted by Crippen LogP contribution is 2.38. The van der Waals surface area contributed by atoms with Crippen LogP contribution in [0.15, 0.2) is 18.2 Å². The van der Waals surface area contributed by atoms with Gasteiger partial charge >= 0.3 is 0 Å². The molecule has 0 radical (unpaired) electrons. The van der Waals surface area contributed by atoms with Crippen LogP contribution in [0.25, 0.3) is 0 Å². The first-order valence-corrected chi connectivity index (χ1v) is 6.37. The zero-order valence-corrected chi connectivity index (χ0v) is 11.4. The van der Waals surface area contributed by atoms with Crippen molar-refractivity contribution in [3.8, 4) is 11.5 Å². The first kappa shape index (κ1) is 13.7. The van der Waals surface area contributed by atoms with Gasteiger partial charge < -0.3 is 20.5 Å². The Hall–Kier alpha value is -1.75. The van der Waals surface area contributed by atoms with Gasteiger partial charge in [-0.3, -0.25) is 4.79 Å². The van der Waals surface area contributed by atoms with Crippen LogP contribution in [0.2, 0.25) is 0 Å². The topological polar surface area (TPSA) is 73.6 Å². The maximum Gasteiger partial charge on any atom is 0.228 e. The number of amides is 1. The fourth-order valence-corrected chi connectivity index (χ4v) is 2.66. The lowest BCUT2D eigenvalue weighted by Crippen LogP contribution is -2.48. The second kappa shape index (κ2) is 5.48. The molecule has 1 amide bonds. The van der Waals surface area contributed by atoms with E-state index in [-0.39, 0.29) is 5.91 Å². The highest BCUT2D eigenvalue weighted by atomic mass is 16.5. The molecular formula is C14H20N2O3. The molecule has 5 nitrogen and oxygen atoms in total. The molecule has 0 bridgehead atoms. The minimum atomic E-state index is -0.606. The Balaban J connectivity index is 2.45. The summed E-state index contributed by atoms with van der Waals surface area (Å²) in [6.45, 7) is 1.58. The van der Waals surface area contributed by atoms with Crippen LogP contribution in [-0.4, -0.2) is 33.2 Å². The number of primary amides is 1. The highest BCUT2D eigenvalue weighted by Gasteiger charge is 2.40. The number of methoxy groups -OCH3 is 2. The fourth-order valence-electron chi connectivity index (χ4n) is 2.66. The summed E-state index contributed by atoms with van der Waals surface area (Å²) in [7, 11) is 3.17. The second-order valence-electron chi connectivity index (χ2n) is 4.77. The van der Waals surface area contributed by atoms with E-state index in [0.717, 1.165) is 18.7 Å². The molecule has 1 aliphatic heterocycles. The van der Waals surface area contributed by atoms with Crippen LogP contribution >= 0.6 is 0 Å². The van der Waals surface area contributed by atoms with Gasteiger partial charge in [-0.05, 0) is 43.6 Å². The van der Waals surface area contributed by atoms with E-state index in [0.29, 0.717) is 24.3 Å². The van der Waals surface area contributed by atoms with Gasteiger partial charge in [-0.1, -0.05) is 6.07 Å². The first-order valence-electron chi connectivity index (χ1n) is 6.37. The van der Waals surface area contributed by atoms with Gasteiger partial charge in [0.1, 0.15) is 0 Å². The normalized spacial score (nSPS) is 17.8. The average molecular weight is 264 g/mol. The van der Waals surface area contributed by atoms with Crippen LogP contribution in [-0.2, 0) is 10.2 Å². The molecule has 2 rings (SSSR count). The number of nitrogens with two attached hydrogens (primary N) is 1. The Kier molecular flexibility index (Phi) is 3.95. The van der Waals surface area contributed by atoms with Gasteiger partial charge in [0.2, 0.25) is 5.91 Å². The van der Waals surface area contributed by atoms with Crippen molar-refractivity contribution in [1.82, 2.24) is 5.32 Å². The molecule has 1 fully saturated rings. The lowest BCUT2D eigenvalue weighted by atomic mass is 9.72. The molecule has 0 unspecified atom stereocenters. The lowest BCUT2D eigenvalue weighted by Gasteiger charge is -2.35. The summed E-state index contributed by atoms with van der Waals surface area (Å²) in [5.74, 6) is 1.00. The summed E-state index contributed by atoms with van der Waals surface area (Å²) in [6.07, 6.45) is 1.41. The molecular weight excluding hydrogens is 244 g/mol. The average Bonchev–Trinajstić information content (AvgIpc) is 2.47. The predicted octanol–water partition coefficient (Wildman–Crippen LogP) is 0.810. The zero-order valence-electron chi connectivity index (χ0n) is 11.4. The molecule has 0 aromatic heterocycles. The Morgan fingerprint density at radius 1 is 1.21 bits per heavy atom. The monoisotopic (exact) mass is 264 g/mol. The van der Waals surface area contributed by atoms with Crippen molar-refractivity contribution >= 4 is 5.91 Å². The predicted molar refractivity (Wildman–Crippen MR) is 72.5 cm³/mol. The van der Waals surface area contributed by atoms with E-state index in [1.807, 2.05) is 18.2 Å². The Morgan fingerprint density at radius 2 is 1.84 bits per heavy atom. The van der Waals surface area contributed by atoms with Gasteiger partial charge in [-0.2, -0.15) is 0 Å². The van der Waals surface area contributed by atoms with E-state index in [2.05, 4.69) is 5.32 Å². The van der Waals surface area contributed by atoms with Crippen LogP contribution in [0.5, 0.6) is 11.5 Å². The van der Waals surface area contributed by atoms with Gasteiger partial charge in [0.05, 0.1) is 19.6 Å².